The molecule has 0 aromatic rings. The zero-order valence-corrected chi connectivity index (χ0v) is 10.1. The molecule has 1 rings (SSSR count). The van der Waals surface area contributed by atoms with Crippen LogP contribution in [0.4, 0.5) is 4.79 Å². The van der Waals surface area contributed by atoms with E-state index in [9.17, 15) is 9.59 Å². The lowest BCUT2D eigenvalue weighted by molar-refractivity contribution is -0.121. The highest BCUT2D eigenvalue weighted by Crippen LogP contribution is 2.10. The Bertz CT molecular complexity index is 271. The van der Waals surface area contributed by atoms with Gasteiger partial charge in [-0.15, -0.1) is 0 Å². The lowest BCUT2D eigenvalue weighted by Gasteiger charge is -2.22. The Labute approximate surface area is 95.9 Å². The number of hydrogen-bond acceptors (Lipinski definition) is 3. The van der Waals surface area contributed by atoms with E-state index in [1.165, 1.54) is 0 Å². The fraction of sp³-hybridized carbons (Fsp3) is 0.818. The number of carbonyl (C=O) groups is 2. The molecule has 16 heavy (non-hydrogen) atoms. The van der Waals surface area contributed by atoms with Gasteiger partial charge < -0.3 is 15.4 Å². The minimum atomic E-state index is -0.503. The lowest BCUT2D eigenvalue weighted by Crippen LogP contribution is -2.40. The molecule has 1 unspecified atom stereocenters. The van der Waals surface area contributed by atoms with Crippen molar-refractivity contribution < 1.29 is 14.3 Å². The first-order chi connectivity index (χ1) is 7.37. The van der Waals surface area contributed by atoms with Gasteiger partial charge >= 0.3 is 6.09 Å². The number of carbonyl (C=O) groups excluding carboxylic acids is 2. The zero-order valence-electron chi connectivity index (χ0n) is 10.1. The van der Waals surface area contributed by atoms with E-state index in [2.05, 4.69) is 10.6 Å². The standard InChI is InChI=1S/C11H20N2O3/c1-11(2,3)16-10(15)13-8-5-4-6-12-9(14)7-8/h8H,4-7H2,1-3H3,(H,12,14)(H,13,15). The maximum Gasteiger partial charge on any atom is 0.407 e. The van der Waals surface area contributed by atoms with Gasteiger partial charge in [-0.3, -0.25) is 4.79 Å². The van der Waals surface area contributed by atoms with Crippen molar-refractivity contribution in [2.24, 2.45) is 0 Å². The van der Waals surface area contributed by atoms with Gasteiger partial charge in [-0.2, -0.15) is 0 Å². The highest BCUT2D eigenvalue weighted by molar-refractivity contribution is 5.78. The Hall–Kier alpha value is -1.26. The predicted octanol–water partition coefficient (Wildman–Crippen LogP) is 1.18. The van der Waals surface area contributed by atoms with Crippen LogP contribution in [0.2, 0.25) is 0 Å². The fourth-order valence-corrected chi connectivity index (χ4v) is 1.57. The minimum absolute atomic E-state index is 0.0152. The molecule has 2 amide bonds. The van der Waals surface area contributed by atoms with Crippen molar-refractivity contribution in [3.63, 3.8) is 0 Å². The van der Waals surface area contributed by atoms with Crippen LogP contribution in [0.3, 0.4) is 0 Å². The van der Waals surface area contributed by atoms with Gasteiger partial charge in [0, 0.05) is 19.0 Å². The Morgan fingerprint density at radius 1 is 1.50 bits per heavy atom. The molecule has 2 N–H and O–H groups in total. The van der Waals surface area contributed by atoms with Gasteiger partial charge in [-0.05, 0) is 33.6 Å². The summed E-state index contributed by atoms with van der Waals surface area (Å²) in [7, 11) is 0. The maximum atomic E-state index is 11.5. The molecule has 5 heteroatoms. The summed E-state index contributed by atoms with van der Waals surface area (Å²) >= 11 is 0. The first-order valence-electron chi connectivity index (χ1n) is 5.63. The third-order valence-electron chi connectivity index (χ3n) is 2.20. The number of amides is 2. The molecule has 0 radical (unpaired) electrons. The van der Waals surface area contributed by atoms with Gasteiger partial charge in [0.2, 0.25) is 5.91 Å². The molecule has 1 saturated heterocycles. The molecule has 0 aromatic carbocycles. The van der Waals surface area contributed by atoms with Gasteiger partial charge in [-0.25, -0.2) is 4.79 Å². The van der Waals surface area contributed by atoms with Crippen LogP contribution in [0.1, 0.15) is 40.0 Å². The molecular weight excluding hydrogens is 208 g/mol. The molecule has 92 valence electrons. The SMILES string of the molecule is CC(C)(C)OC(=O)NC1CCCNC(=O)C1. The molecule has 0 bridgehead atoms. The Morgan fingerprint density at radius 2 is 2.19 bits per heavy atom. The first kappa shape index (κ1) is 12.8. The Morgan fingerprint density at radius 3 is 2.81 bits per heavy atom. The highest BCUT2D eigenvalue weighted by atomic mass is 16.6. The van der Waals surface area contributed by atoms with Crippen LogP contribution in [0, 0.1) is 0 Å². The number of hydrogen-bond donors (Lipinski definition) is 2. The minimum Gasteiger partial charge on any atom is -0.444 e. The van der Waals surface area contributed by atoms with Gasteiger partial charge in [-0.1, -0.05) is 0 Å². The quantitative estimate of drug-likeness (QED) is 0.708. The smallest absolute Gasteiger partial charge is 0.407 e. The third kappa shape index (κ3) is 5.00. The Balaban J connectivity index is 2.40. The number of nitrogens with one attached hydrogen (secondary N) is 2. The third-order valence-corrected chi connectivity index (χ3v) is 2.20. The normalized spacial score (nSPS) is 21.9. The van der Waals surface area contributed by atoms with Crippen molar-refractivity contribution in [2.75, 3.05) is 6.54 Å². The molecule has 0 spiro atoms. The molecule has 0 aromatic heterocycles. The van der Waals surface area contributed by atoms with Crippen LogP contribution in [-0.4, -0.2) is 30.2 Å². The van der Waals surface area contributed by atoms with E-state index in [4.69, 9.17) is 4.74 Å². The topological polar surface area (TPSA) is 67.4 Å². The molecule has 0 aliphatic carbocycles. The summed E-state index contributed by atoms with van der Waals surface area (Å²) < 4.78 is 5.13. The number of alkyl carbamates (subject to hydrolysis) is 1. The van der Waals surface area contributed by atoms with Crippen LogP contribution in [-0.2, 0) is 9.53 Å². The summed E-state index contributed by atoms with van der Waals surface area (Å²) in [6, 6.07) is -0.114. The average Bonchev–Trinajstić information content (AvgIpc) is 2.26. The maximum absolute atomic E-state index is 11.5. The van der Waals surface area contributed by atoms with Gasteiger partial charge in [0.25, 0.3) is 0 Å². The summed E-state index contributed by atoms with van der Waals surface area (Å²) in [5, 5.41) is 5.49. The summed E-state index contributed by atoms with van der Waals surface area (Å²) in [4.78, 5) is 22.7. The Kier molecular flexibility index (Phi) is 4.15. The lowest BCUT2D eigenvalue weighted by atomic mass is 10.1. The van der Waals surface area contributed by atoms with E-state index in [0.29, 0.717) is 13.0 Å². The van der Waals surface area contributed by atoms with Gasteiger partial charge in [0.15, 0.2) is 0 Å². The van der Waals surface area contributed by atoms with Crippen molar-refractivity contribution in [1.29, 1.82) is 0 Å². The van der Waals surface area contributed by atoms with E-state index in [-0.39, 0.29) is 11.9 Å². The van der Waals surface area contributed by atoms with Crippen LogP contribution in [0.15, 0.2) is 0 Å². The summed E-state index contributed by atoms with van der Waals surface area (Å²) in [6.45, 7) is 6.12. The van der Waals surface area contributed by atoms with Crippen molar-refractivity contribution in [2.45, 2.75) is 51.7 Å². The van der Waals surface area contributed by atoms with E-state index >= 15 is 0 Å². The fourth-order valence-electron chi connectivity index (χ4n) is 1.57. The highest BCUT2D eigenvalue weighted by Gasteiger charge is 2.22. The summed E-state index contributed by atoms with van der Waals surface area (Å²) in [6.07, 6.45) is 1.57. The zero-order chi connectivity index (χ0) is 12.2. The summed E-state index contributed by atoms with van der Waals surface area (Å²) in [5.74, 6) is -0.0152. The predicted molar refractivity (Wildman–Crippen MR) is 60.0 cm³/mol. The number of rotatable bonds is 1. The molecule has 1 aliphatic heterocycles. The van der Waals surface area contributed by atoms with E-state index in [1.54, 1.807) is 0 Å². The molecule has 1 aliphatic rings. The van der Waals surface area contributed by atoms with E-state index in [0.717, 1.165) is 12.8 Å². The molecule has 1 heterocycles. The molecule has 5 nitrogen and oxygen atoms in total. The van der Waals surface area contributed by atoms with Crippen LogP contribution in [0.5, 0.6) is 0 Å². The van der Waals surface area contributed by atoms with E-state index in [1.807, 2.05) is 20.8 Å². The van der Waals surface area contributed by atoms with Crippen molar-refractivity contribution >= 4 is 12.0 Å². The second-order valence-corrected chi connectivity index (χ2v) is 5.04. The van der Waals surface area contributed by atoms with Crippen LogP contribution < -0.4 is 10.6 Å². The molecule has 0 saturated carbocycles. The second kappa shape index (κ2) is 5.18. The molecular formula is C11H20N2O3. The van der Waals surface area contributed by atoms with Crippen molar-refractivity contribution in [1.82, 2.24) is 10.6 Å². The average molecular weight is 228 g/mol. The first-order valence-corrected chi connectivity index (χ1v) is 5.63. The second-order valence-electron chi connectivity index (χ2n) is 5.04. The number of ether oxygens (including phenoxy) is 1. The van der Waals surface area contributed by atoms with E-state index < -0.39 is 11.7 Å². The van der Waals surface area contributed by atoms with Crippen molar-refractivity contribution in [3.8, 4) is 0 Å². The molecule has 1 atom stereocenters. The van der Waals surface area contributed by atoms with Gasteiger partial charge in [0.1, 0.15) is 5.60 Å². The summed E-state index contributed by atoms with van der Waals surface area (Å²) in [5.41, 5.74) is -0.503. The van der Waals surface area contributed by atoms with Crippen LogP contribution in [0.25, 0.3) is 0 Å². The monoisotopic (exact) mass is 228 g/mol. The van der Waals surface area contributed by atoms with Crippen LogP contribution >= 0.6 is 0 Å². The largest absolute Gasteiger partial charge is 0.444 e. The van der Waals surface area contributed by atoms with Gasteiger partial charge in [0.05, 0.1) is 0 Å². The van der Waals surface area contributed by atoms with Crippen molar-refractivity contribution in [3.05, 3.63) is 0 Å². The molecule has 1 fully saturated rings.